The number of carbonyl (C=O) groups excluding carboxylic acids is 2. The molecule has 1 N–H and O–H groups in total. The van der Waals surface area contributed by atoms with Gasteiger partial charge in [0.25, 0.3) is 0 Å². The maximum absolute atomic E-state index is 11.1. The number of Topliss-reactive ketones (excluding diaryl/α,β-unsaturated/α-hetero) is 1. The van der Waals surface area contributed by atoms with Crippen LogP contribution in [-0.4, -0.2) is 35.5 Å². The van der Waals surface area contributed by atoms with Crippen molar-refractivity contribution in [2.24, 2.45) is 0 Å². The molecule has 0 aliphatic heterocycles. The van der Waals surface area contributed by atoms with Gasteiger partial charge in [-0.05, 0) is 27.7 Å². The fourth-order valence-corrected chi connectivity index (χ4v) is 1.43. The van der Waals surface area contributed by atoms with Gasteiger partial charge >= 0.3 is 6.09 Å². The molecule has 0 rings (SSSR count). The lowest BCUT2D eigenvalue weighted by Gasteiger charge is -2.19. The minimum absolute atomic E-state index is 0.150. The van der Waals surface area contributed by atoms with E-state index in [1.54, 1.807) is 6.92 Å². The number of nitrogens with one attached hydrogen (secondary N) is 1. The van der Waals surface area contributed by atoms with E-state index in [4.69, 9.17) is 4.74 Å². The van der Waals surface area contributed by atoms with Gasteiger partial charge in [-0.15, -0.1) is 0 Å². The third kappa shape index (κ3) is 11.2. The van der Waals surface area contributed by atoms with Crippen LogP contribution >= 0.6 is 11.8 Å². The molecule has 0 saturated heterocycles. The molecule has 5 heteroatoms. The highest BCUT2D eigenvalue weighted by atomic mass is 32.2. The predicted octanol–water partition coefficient (Wildman–Crippen LogP) is 1.83. The van der Waals surface area contributed by atoms with E-state index in [1.165, 1.54) is 11.8 Å². The molecule has 0 spiro atoms. The Hall–Kier alpha value is -0.710. The minimum Gasteiger partial charge on any atom is -0.444 e. The van der Waals surface area contributed by atoms with Crippen LogP contribution in [0.4, 0.5) is 4.79 Å². The van der Waals surface area contributed by atoms with Gasteiger partial charge in [0.05, 0.1) is 5.75 Å². The van der Waals surface area contributed by atoms with Crippen LogP contribution in [0.15, 0.2) is 0 Å². The largest absolute Gasteiger partial charge is 0.444 e. The monoisotopic (exact) mass is 233 g/mol. The van der Waals surface area contributed by atoms with Gasteiger partial charge in [0, 0.05) is 12.3 Å². The van der Waals surface area contributed by atoms with E-state index in [2.05, 4.69) is 5.32 Å². The summed E-state index contributed by atoms with van der Waals surface area (Å²) in [5, 5.41) is 2.62. The molecule has 0 aromatic heterocycles. The lowest BCUT2D eigenvalue weighted by Crippen LogP contribution is -2.33. The Balaban J connectivity index is 3.44. The lowest BCUT2D eigenvalue weighted by atomic mass is 10.2. The molecular formula is C10H19NO3S. The number of ether oxygens (including phenoxy) is 1. The maximum atomic E-state index is 11.1. The van der Waals surface area contributed by atoms with Gasteiger partial charge in [0.1, 0.15) is 11.4 Å². The number of thioether (sulfide) groups is 1. The molecule has 0 aliphatic rings. The first kappa shape index (κ1) is 14.3. The summed E-state index contributed by atoms with van der Waals surface area (Å²) in [6.07, 6.45) is -0.411. The predicted molar refractivity (Wildman–Crippen MR) is 62.2 cm³/mol. The molecule has 0 radical (unpaired) electrons. The third-order valence-corrected chi connectivity index (χ3v) is 2.32. The van der Waals surface area contributed by atoms with Crippen molar-refractivity contribution in [3.05, 3.63) is 0 Å². The van der Waals surface area contributed by atoms with E-state index >= 15 is 0 Å². The summed E-state index contributed by atoms with van der Waals surface area (Å²) in [6.45, 7) is 7.52. The van der Waals surface area contributed by atoms with E-state index in [0.29, 0.717) is 12.3 Å². The smallest absolute Gasteiger partial charge is 0.407 e. The van der Waals surface area contributed by atoms with Crippen molar-refractivity contribution >= 4 is 23.6 Å². The van der Waals surface area contributed by atoms with Crippen LogP contribution in [0.2, 0.25) is 0 Å². The SMILES string of the molecule is CC(=O)CSCCNC(=O)OC(C)(C)C. The molecule has 15 heavy (non-hydrogen) atoms. The molecule has 4 nitrogen and oxygen atoms in total. The number of ketones is 1. The first-order chi connectivity index (χ1) is 6.81. The minimum atomic E-state index is -0.462. The second-order valence-corrected chi connectivity index (χ2v) is 5.29. The van der Waals surface area contributed by atoms with Gasteiger partial charge in [-0.25, -0.2) is 4.79 Å². The normalized spacial score (nSPS) is 10.9. The molecule has 88 valence electrons. The highest BCUT2D eigenvalue weighted by Gasteiger charge is 2.15. The Morgan fingerprint density at radius 1 is 1.33 bits per heavy atom. The summed E-state index contributed by atoms with van der Waals surface area (Å²) in [5.41, 5.74) is -0.462. The number of hydrogen-bond acceptors (Lipinski definition) is 4. The van der Waals surface area contributed by atoms with Crippen molar-refractivity contribution in [3.8, 4) is 0 Å². The number of carbonyl (C=O) groups is 2. The number of rotatable bonds is 5. The molecule has 0 aromatic rings. The second-order valence-electron chi connectivity index (χ2n) is 4.18. The fourth-order valence-electron chi connectivity index (χ4n) is 0.755. The average Bonchev–Trinajstić information content (AvgIpc) is 1.99. The molecule has 0 atom stereocenters. The summed E-state index contributed by atoms with van der Waals surface area (Å²) < 4.78 is 5.04. The summed E-state index contributed by atoms with van der Waals surface area (Å²) >= 11 is 1.50. The van der Waals surface area contributed by atoms with Gasteiger partial charge in [-0.2, -0.15) is 11.8 Å². The van der Waals surface area contributed by atoms with Crippen LogP contribution in [0.1, 0.15) is 27.7 Å². The van der Waals surface area contributed by atoms with E-state index in [1.807, 2.05) is 20.8 Å². The second kappa shape index (κ2) is 6.71. The first-order valence-corrected chi connectivity index (χ1v) is 6.01. The van der Waals surface area contributed by atoms with Crippen LogP contribution in [0.25, 0.3) is 0 Å². The van der Waals surface area contributed by atoms with Crippen molar-refractivity contribution in [1.82, 2.24) is 5.32 Å². The maximum Gasteiger partial charge on any atom is 0.407 e. The molecule has 0 saturated carbocycles. The zero-order valence-electron chi connectivity index (χ0n) is 9.75. The summed E-state index contributed by atoms with van der Waals surface area (Å²) in [5.74, 6) is 1.37. The first-order valence-electron chi connectivity index (χ1n) is 4.85. The molecule has 0 aliphatic carbocycles. The Kier molecular flexibility index (Phi) is 6.40. The topological polar surface area (TPSA) is 55.4 Å². The van der Waals surface area contributed by atoms with E-state index in [0.717, 1.165) is 5.75 Å². The van der Waals surface area contributed by atoms with Gasteiger partial charge in [0.15, 0.2) is 0 Å². The zero-order chi connectivity index (χ0) is 11.9. The summed E-state index contributed by atoms with van der Waals surface area (Å²) in [6, 6.07) is 0. The number of alkyl carbamates (subject to hydrolysis) is 1. The van der Waals surface area contributed by atoms with E-state index in [9.17, 15) is 9.59 Å². The average molecular weight is 233 g/mol. The molecular weight excluding hydrogens is 214 g/mol. The van der Waals surface area contributed by atoms with Crippen LogP contribution in [0.3, 0.4) is 0 Å². The molecule has 0 unspecified atom stereocenters. The summed E-state index contributed by atoms with van der Waals surface area (Å²) in [7, 11) is 0. The molecule has 0 fully saturated rings. The van der Waals surface area contributed by atoms with Gasteiger partial charge in [-0.3, -0.25) is 4.79 Å². The molecule has 1 amide bonds. The standard InChI is InChI=1S/C10H19NO3S/c1-8(12)7-15-6-5-11-9(13)14-10(2,3)4/h5-7H2,1-4H3,(H,11,13). The number of hydrogen-bond donors (Lipinski definition) is 1. The van der Waals surface area contributed by atoms with Crippen molar-refractivity contribution in [2.75, 3.05) is 18.1 Å². The highest BCUT2D eigenvalue weighted by molar-refractivity contribution is 7.99. The fraction of sp³-hybridized carbons (Fsp3) is 0.800. The zero-order valence-corrected chi connectivity index (χ0v) is 10.6. The Morgan fingerprint density at radius 3 is 2.40 bits per heavy atom. The molecule has 0 bridgehead atoms. The van der Waals surface area contributed by atoms with Crippen molar-refractivity contribution < 1.29 is 14.3 Å². The third-order valence-electron chi connectivity index (χ3n) is 1.22. The quantitative estimate of drug-likeness (QED) is 0.736. The van der Waals surface area contributed by atoms with Gasteiger partial charge in [-0.1, -0.05) is 0 Å². The highest BCUT2D eigenvalue weighted by Crippen LogP contribution is 2.06. The van der Waals surface area contributed by atoms with Gasteiger partial charge < -0.3 is 10.1 Å². The summed E-state index contributed by atoms with van der Waals surface area (Å²) in [4.78, 5) is 21.7. The van der Waals surface area contributed by atoms with Crippen LogP contribution in [0.5, 0.6) is 0 Å². The van der Waals surface area contributed by atoms with E-state index in [-0.39, 0.29) is 5.78 Å². The Labute approximate surface area is 95.1 Å². The van der Waals surface area contributed by atoms with Crippen molar-refractivity contribution in [1.29, 1.82) is 0 Å². The number of amides is 1. The molecule has 0 aromatic carbocycles. The van der Waals surface area contributed by atoms with E-state index < -0.39 is 11.7 Å². The lowest BCUT2D eigenvalue weighted by molar-refractivity contribution is -0.114. The molecule has 0 heterocycles. The van der Waals surface area contributed by atoms with Crippen molar-refractivity contribution in [2.45, 2.75) is 33.3 Å². The van der Waals surface area contributed by atoms with Crippen LogP contribution < -0.4 is 5.32 Å². The van der Waals surface area contributed by atoms with Gasteiger partial charge in [0.2, 0.25) is 0 Å². The van der Waals surface area contributed by atoms with Crippen molar-refractivity contribution in [3.63, 3.8) is 0 Å². The van der Waals surface area contributed by atoms with Crippen LogP contribution in [0, 0.1) is 0 Å². The van der Waals surface area contributed by atoms with Crippen LogP contribution in [-0.2, 0) is 9.53 Å². The Morgan fingerprint density at radius 2 is 1.93 bits per heavy atom. The Bertz CT molecular complexity index is 223.